The predicted molar refractivity (Wildman–Crippen MR) is 140 cm³/mol. The summed E-state index contributed by atoms with van der Waals surface area (Å²) < 4.78 is 35.9. The summed E-state index contributed by atoms with van der Waals surface area (Å²) in [6.07, 6.45) is 1.91. The highest BCUT2D eigenvalue weighted by Crippen LogP contribution is 2.42. The van der Waals surface area contributed by atoms with Crippen LogP contribution >= 0.6 is 0 Å². The van der Waals surface area contributed by atoms with Gasteiger partial charge in [-0.05, 0) is 48.6 Å². The average molecular weight is 497 g/mol. The van der Waals surface area contributed by atoms with Crippen molar-refractivity contribution >= 4 is 21.1 Å². The van der Waals surface area contributed by atoms with Gasteiger partial charge in [-0.1, -0.05) is 43.7 Å². The molecule has 3 heterocycles. The number of benzene rings is 2. The summed E-state index contributed by atoms with van der Waals surface area (Å²) in [4.78, 5) is 5.97. The molecule has 35 heavy (non-hydrogen) atoms. The highest BCUT2D eigenvalue weighted by atomic mass is 32.2. The minimum atomic E-state index is -3.65. The van der Waals surface area contributed by atoms with E-state index >= 15 is 0 Å². The Bertz CT molecular complexity index is 1280. The van der Waals surface area contributed by atoms with Crippen LogP contribution in [0.2, 0.25) is 0 Å². The molecule has 1 fully saturated rings. The molecular weight excluding hydrogens is 460 g/mol. The van der Waals surface area contributed by atoms with Crippen molar-refractivity contribution in [2.24, 2.45) is 5.92 Å². The van der Waals surface area contributed by atoms with Gasteiger partial charge in [0.25, 0.3) is 10.2 Å². The molecule has 1 saturated heterocycles. The van der Waals surface area contributed by atoms with Crippen molar-refractivity contribution < 1.29 is 13.2 Å². The summed E-state index contributed by atoms with van der Waals surface area (Å²) in [6, 6.07) is 15.5. The molecule has 2 aliphatic heterocycles. The van der Waals surface area contributed by atoms with Crippen LogP contribution in [0.4, 0.5) is 0 Å². The topological polar surface area (TPSA) is 68.9 Å². The minimum Gasteiger partial charge on any atom is -0.492 e. The molecule has 2 atom stereocenters. The largest absolute Gasteiger partial charge is 0.492 e. The van der Waals surface area contributed by atoms with E-state index in [4.69, 9.17) is 4.74 Å². The second-order valence-corrected chi connectivity index (χ2v) is 12.1. The summed E-state index contributed by atoms with van der Waals surface area (Å²) in [5.41, 5.74) is 4.11. The summed E-state index contributed by atoms with van der Waals surface area (Å²) in [7, 11) is -0.464. The maximum atomic E-state index is 13.5. The molecule has 0 saturated carbocycles. The molecule has 0 radical (unpaired) electrons. The van der Waals surface area contributed by atoms with Crippen molar-refractivity contribution in [3.05, 3.63) is 65.4 Å². The number of aromatic nitrogens is 1. The first kappa shape index (κ1) is 24.3. The summed E-state index contributed by atoms with van der Waals surface area (Å²) >= 11 is 0. The molecule has 3 aromatic rings. The van der Waals surface area contributed by atoms with E-state index in [1.54, 1.807) is 18.4 Å². The molecule has 0 aliphatic carbocycles. The van der Waals surface area contributed by atoms with Crippen LogP contribution in [-0.2, 0) is 16.6 Å². The molecule has 2 aromatic carbocycles. The number of nitrogens with one attached hydrogen (secondary N) is 1. The van der Waals surface area contributed by atoms with Crippen molar-refractivity contribution in [3.63, 3.8) is 0 Å². The zero-order chi connectivity index (χ0) is 24.7. The van der Waals surface area contributed by atoms with Crippen molar-refractivity contribution in [3.8, 4) is 5.75 Å². The Hall–Kier alpha value is -2.39. The Balaban J connectivity index is 1.43. The fourth-order valence-corrected chi connectivity index (χ4v) is 6.86. The number of nitrogens with zero attached hydrogens (tertiary/aromatic N) is 3. The maximum absolute atomic E-state index is 13.5. The molecule has 0 unspecified atom stereocenters. The molecule has 2 aliphatic rings. The van der Waals surface area contributed by atoms with Crippen LogP contribution in [0.1, 0.15) is 43.1 Å². The third-order valence-electron chi connectivity index (χ3n) is 7.52. The molecule has 0 amide bonds. The number of hydrogen-bond acceptors (Lipinski definition) is 4. The minimum absolute atomic E-state index is 0.182. The zero-order valence-electron chi connectivity index (χ0n) is 21.1. The summed E-state index contributed by atoms with van der Waals surface area (Å²) in [5, 5.41) is 1.16. The van der Waals surface area contributed by atoms with Gasteiger partial charge in [-0.25, -0.2) is 0 Å². The number of ether oxygens (including phenoxy) is 1. The van der Waals surface area contributed by atoms with Crippen molar-refractivity contribution in [1.29, 1.82) is 0 Å². The normalized spacial score (nSPS) is 21.9. The van der Waals surface area contributed by atoms with Crippen molar-refractivity contribution in [1.82, 2.24) is 18.5 Å². The van der Waals surface area contributed by atoms with Crippen LogP contribution in [0.5, 0.6) is 5.75 Å². The first-order valence-corrected chi connectivity index (χ1v) is 13.9. The van der Waals surface area contributed by atoms with Gasteiger partial charge >= 0.3 is 0 Å². The van der Waals surface area contributed by atoms with Crippen LogP contribution in [0.3, 0.4) is 0 Å². The highest BCUT2D eigenvalue weighted by Gasteiger charge is 2.43. The van der Waals surface area contributed by atoms with E-state index in [9.17, 15) is 8.42 Å². The fraction of sp³-hybridized carbons (Fsp3) is 0.481. The zero-order valence-corrected chi connectivity index (χ0v) is 21.9. The third-order valence-corrected chi connectivity index (χ3v) is 9.55. The van der Waals surface area contributed by atoms with E-state index < -0.39 is 16.3 Å². The summed E-state index contributed by atoms with van der Waals surface area (Å²) in [5.74, 6) is 1.65. The Morgan fingerprint density at radius 3 is 2.49 bits per heavy atom. The van der Waals surface area contributed by atoms with E-state index in [0.717, 1.165) is 40.4 Å². The molecule has 0 bridgehead atoms. The molecule has 1 N–H and O–H groups in total. The van der Waals surface area contributed by atoms with Gasteiger partial charge in [0.2, 0.25) is 0 Å². The molecule has 8 heteroatoms. The van der Waals surface area contributed by atoms with Gasteiger partial charge in [0, 0.05) is 56.4 Å². The first-order valence-electron chi connectivity index (χ1n) is 12.5. The molecule has 5 rings (SSSR count). The van der Waals surface area contributed by atoms with Crippen LogP contribution < -0.4 is 4.74 Å². The van der Waals surface area contributed by atoms with E-state index in [-0.39, 0.29) is 6.04 Å². The van der Waals surface area contributed by atoms with Gasteiger partial charge in [-0.15, -0.1) is 0 Å². The second-order valence-electron chi connectivity index (χ2n) is 10.1. The maximum Gasteiger partial charge on any atom is 0.282 e. The van der Waals surface area contributed by atoms with E-state index in [1.807, 2.05) is 43.3 Å². The number of aromatic amines is 1. The lowest BCUT2D eigenvalue weighted by atomic mass is 9.91. The number of likely N-dealkylation sites (tertiary alicyclic amines) is 1. The van der Waals surface area contributed by atoms with Crippen LogP contribution in [0.15, 0.2) is 48.5 Å². The quantitative estimate of drug-likeness (QED) is 0.511. The smallest absolute Gasteiger partial charge is 0.282 e. The molecule has 1 aromatic heterocycles. The SMILES string of the molecule is CCC1CN(CCOc2ccc([C@@H]3c4[nH]c5ccccc5c4C[C@@H](C)N3S(=O)(=O)N(C)C)cc2)C1. The first-order chi connectivity index (χ1) is 16.8. The monoisotopic (exact) mass is 496 g/mol. The summed E-state index contributed by atoms with van der Waals surface area (Å²) in [6.45, 7) is 8.17. The van der Waals surface area contributed by atoms with E-state index in [2.05, 4.69) is 28.9 Å². The van der Waals surface area contributed by atoms with Gasteiger partial charge < -0.3 is 9.72 Å². The Kier molecular flexibility index (Phi) is 6.65. The fourth-order valence-electron chi connectivity index (χ4n) is 5.46. The second kappa shape index (κ2) is 9.58. The van der Waals surface area contributed by atoms with Gasteiger partial charge in [0.15, 0.2) is 0 Å². The number of H-pyrrole nitrogens is 1. The van der Waals surface area contributed by atoms with Crippen molar-refractivity contribution in [2.75, 3.05) is 40.3 Å². The molecule has 188 valence electrons. The number of para-hydroxylation sites is 1. The van der Waals surface area contributed by atoms with E-state index in [1.165, 1.54) is 29.4 Å². The average Bonchev–Trinajstić information content (AvgIpc) is 3.18. The number of fused-ring (bicyclic) bond motifs is 3. The highest BCUT2D eigenvalue weighted by molar-refractivity contribution is 7.86. The van der Waals surface area contributed by atoms with Gasteiger partial charge in [-0.3, -0.25) is 4.90 Å². The van der Waals surface area contributed by atoms with Gasteiger partial charge in [0.1, 0.15) is 12.4 Å². The lowest BCUT2D eigenvalue weighted by molar-refractivity contribution is 0.0806. The van der Waals surface area contributed by atoms with E-state index in [0.29, 0.717) is 13.0 Å². The van der Waals surface area contributed by atoms with Gasteiger partial charge in [0.05, 0.1) is 6.04 Å². The molecule has 0 spiro atoms. The number of rotatable bonds is 8. The Morgan fingerprint density at radius 1 is 1.09 bits per heavy atom. The third kappa shape index (κ3) is 4.48. The van der Waals surface area contributed by atoms with Crippen LogP contribution in [0.25, 0.3) is 10.9 Å². The van der Waals surface area contributed by atoms with Crippen LogP contribution in [-0.4, -0.2) is 73.3 Å². The predicted octanol–water partition coefficient (Wildman–Crippen LogP) is 4.03. The lowest BCUT2D eigenvalue weighted by Crippen LogP contribution is -2.50. The van der Waals surface area contributed by atoms with Crippen LogP contribution in [0, 0.1) is 5.92 Å². The Morgan fingerprint density at radius 2 is 1.80 bits per heavy atom. The van der Waals surface area contributed by atoms with Crippen molar-refractivity contribution in [2.45, 2.75) is 38.8 Å². The number of hydrogen-bond donors (Lipinski definition) is 1. The Labute approximate surface area is 208 Å². The molecule has 7 nitrogen and oxygen atoms in total. The lowest BCUT2D eigenvalue weighted by Gasteiger charge is -2.40. The standard InChI is InChI=1S/C27H36N4O3S/c1-5-20-17-30(18-20)14-15-34-22-12-10-21(11-13-22)27-26-24(23-8-6-7-9-25(23)28-26)16-19(2)31(27)35(32,33)29(3)4/h6-13,19-20,27-28H,5,14-18H2,1-4H3/t19-,27-/m1/s1. The van der Waals surface area contributed by atoms with Gasteiger partial charge in [-0.2, -0.15) is 17.0 Å². The molecular formula is C27H36N4O3S.